The minimum Gasteiger partial charge on any atom is -0.438 e. The molecule has 0 bridgehead atoms. The van der Waals surface area contributed by atoms with Crippen molar-refractivity contribution in [3.63, 3.8) is 0 Å². The first kappa shape index (κ1) is 10.3. The first-order chi connectivity index (χ1) is 5.20. The van der Waals surface area contributed by atoms with E-state index in [2.05, 4.69) is 11.3 Å². The third kappa shape index (κ3) is 5.75. The largest absolute Gasteiger partial charge is 0.438 e. The third-order valence-corrected chi connectivity index (χ3v) is 1.20. The van der Waals surface area contributed by atoms with E-state index in [1.807, 2.05) is 12.5 Å². The average molecular weight is 178 g/mol. The van der Waals surface area contributed by atoms with Crippen molar-refractivity contribution in [3.05, 3.63) is 12.8 Å². The Morgan fingerprint density at radius 3 is 2.45 bits per heavy atom. The summed E-state index contributed by atoms with van der Waals surface area (Å²) in [7, 11) is 0. The van der Waals surface area contributed by atoms with Crippen molar-refractivity contribution in [1.29, 1.82) is 5.41 Å². The molecule has 0 aromatic rings. The molecule has 0 fully saturated rings. The maximum absolute atomic E-state index is 6.62. The second-order valence-corrected chi connectivity index (χ2v) is 3.36. The number of hydrogen-bond acceptors (Lipinski definition) is 4. The molecular formula is C6H12NO3S+. The van der Waals surface area contributed by atoms with Crippen LogP contribution >= 0.6 is 0 Å². The maximum Gasteiger partial charge on any atom is 0.406 e. The molecule has 0 spiro atoms. The van der Waals surface area contributed by atoms with Crippen molar-refractivity contribution in [2.45, 2.75) is 6.48 Å². The van der Waals surface area contributed by atoms with Gasteiger partial charge in [0.1, 0.15) is 12.5 Å². The van der Waals surface area contributed by atoms with E-state index in [1.165, 1.54) is 6.26 Å². The van der Waals surface area contributed by atoms with Gasteiger partial charge in [-0.15, -0.1) is 0 Å². The van der Waals surface area contributed by atoms with E-state index in [4.69, 9.17) is 14.3 Å². The van der Waals surface area contributed by atoms with Gasteiger partial charge in [0, 0.05) is 0 Å². The maximum atomic E-state index is 6.62. The Bertz CT molecular complexity index is 119. The summed E-state index contributed by atoms with van der Waals surface area (Å²) in [5, 5.41) is 6.62. The minimum atomic E-state index is -0.844. The lowest BCUT2D eigenvalue weighted by Gasteiger charge is -2.10. The fourth-order valence-electron chi connectivity index (χ4n) is 0.369. The Morgan fingerprint density at radius 2 is 2.09 bits per heavy atom. The second kappa shape index (κ2) is 6.06. The molecule has 0 radical (unpaired) electrons. The molecule has 64 valence electrons. The molecule has 0 aromatic heterocycles. The van der Waals surface area contributed by atoms with Crippen molar-refractivity contribution in [2.24, 2.45) is 0 Å². The fourth-order valence-corrected chi connectivity index (χ4v) is 0.774. The lowest BCUT2D eigenvalue weighted by atomic mass is 11.1. The van der Waals surface area contributed by atoms with E-state index in [1.54, 1.807) is 0 Å². The van der Waals surface area contributed by atoms with E-state index in [9.17, 15) is 0 Å². The number of ether oxygens (including phenoxy) is 2. The fraction of sp³-hybridized carbons (Fsp3) is 0.500. The topological polar surface area (TPSA) is 51.5 Å². The summed E-state index contributed by atoms with van der Waals surface area (Å²) in [6.45, 7) is 2.49. The molecule has 0 saturated carbocycles. The Morgan fingerprint density at radius 1 is 1.45 bits per heavy atom. The molecule has 4 nitrogen and oxygen atoms in total. The zero-order chi connectivity index (χ0) is 8.69. The molecule has 1 atom stereocenters. The first-order valence-corrected chi connectivity index (χ1v) is 4.82. The lowest BCUT2D eigenvalue weighted by molar-refractivity contribution is -0.163. The van der Waals surface area contributed by atoms with Gasteiger partial charge in [0.2, 0.25) is 0 Å². The lowest BCUT2D eigenvalue weighted by Crippen LogP contribution is -2.21. The van der Waals surface area contributed by atoms with Crippen LogP contribution in [0.3, 0.4) is 0 Å². The van der Waals surface area contributed by atoms with Crippen LogP contribution in [0.5, 0.6) is 0 Å². The Labute approximate surface area is 69.2 Å². The molecule has 1 N–H and O–H groups in total. The van der Waals surface area contributed by atoms with Crippen molar-refractivity contribution < 1.29 is 13.7 Å². The van der Waals surface area contributed by atoms with Crippen molar-refractivity contribution >= 4 is 17.6 Å². The van der Waals surface area contributed by atoms with Crippen LogP contribution in [0.1, 0.15) is 0 Å². The highest BCUT2D eigenvalue weighted by Crippen LogP contribution is 2.00. The summed E-state index contributed by atoms with van der Waals surface area (Å²) in [5.41, 5.74) is 0. The van der Waals surface area contributed by atoms with Gasteiger partial charge in [0.15, 0.2) is 17.6 Å². The van der Waals surface area contributed by atoms with Gasteiger partial charge in [0.25, 0.3) is 0 Å². The smallest absolute Gasteiger partial charge is 0.406 e. The van der Waals surface area contributed by atoms with Crippen LogP contribution in [0.15, 0.2) is 12.8 Å². The summed E-state index contributed by atoms with van der Waals surface area (Å²) in [6.07, 6.45) is 5.71. The van der Waals surface area contributed by atoms with Crippen molar-refractivity contribution in [3.8, 4) is 0 Å². The van der Waals surface area contributed by atoms with Gasteiger partial charge in [-0.3, -0.25) is 5.41 Å². The van der Waals surface area contributed by atoms with Crippen LogP contribution in [0.25, 0.3) is 0 Å². The Kier molecular flexibility index (Phi) is 5.68. The number of rotatable bonds is 6. The Hall–Kier alpha value is -0.680. The summed E-state index contributed by atoms with van der Waals surface area (Å²) < 4.78 is 14.5. The van der Waals surface area contributed by atoms with Crippen LogP contribution in [0.2, 0.25) is 0 Å². The summed E-state index contributed by atoms with van der Waals surface area (Å²) in [6, 6.07) is 0. The molecule has 1 unspecified atom stereocenters. The van der Waals surface area contributed by atoms with Gasteiger partial charge in [-0.2, -0.15) is 0 Å². The van der Waals surface area contributed by atoms with Crippen LogP contribution < -0.4 is 0 Å². The van der Waals surface area contributed by atoms with Gasteiger partial charge < -0.3 is 9.47 Å². The van der Waals surface area contributed by atoms with E-state index < -0.39 is 6.48 Å². The van der Waals surface area contributed by atoms with Crippen LogP contribution in [0.4, 0.5) is 0 Å². The van der Waals surface area contributed by atoms with Gasteiger partial charge in [0.05, 0.1) is 6.26 Å². The molecule has 0 amide bonds. The van der Waals surface area contributed by atoms with Gasteiger partial charge in [-0.05, 0) is 0 Å². The molecule has 0 rings (SSSR count). The van der Waals surface area contributed by atoms with E-state index in [0.717, 1.165) is 6.40 Å². The average Bonchev–Trinajstić information content (AvgIpc) is 1.87. The molecular weight excluding hydrogens is 166 g/mol. The van der Waals surface area contributed by atoms with Crippen molar-refractivity contribution in [2.75, 3.05) is 12.5 Å². The van der Waals surface area contributed by atoms with Gasteiger partial charge in [-0.25, -0.2) is 0 Å². The van der Waals surface area contributed by atoms with Crippen LogP contribution in [0, 0.1) is 5.41 Å². The molecule has 0 saturated heterocycles. The highest BCUT2D eigenvalue weighted by molar-refractivity contribution is 7.90. The SMILES string of the molecule is C=COC(OC=N)O[S+](C)C. The summed E-state index contributed by atoms with van der Waals surface area (Å²) in [4.78, 5) is 0. The van der Waals surface area contributed by atoms with E-state index >= 15 is 0 Å². The second-order valence-electron chi connectivity index (χ2n) is 1.68. The van der Waals surface area contributed by atoms with E-state index in [-0.39, 0.29) is 11.2 Å². The van der Waals surface area contributed by atoms with Gasteiger partial charge >= 0.3 is 6.48 Å². The predicted molar refractivity (Wildman–Crippen MR) is 45.2 cm³/mol. The zero-order valence-electron chi connectivity index (χ0n) is 6.57. The normalized spacial score (nSPS) is 12.3. The molecule has 0 aliphatic rings. The van der Waals surface area contributed by atoms with Crippen molar-refractivity contribution in [1.82, 2.24) is 0 Å². The summed E-state index contributed by atoms with van der Waals surface area (Å²) >= 11 is -0.250. The number of hydrogen-bond donors (Lipinski definition) is 1. The number of nitrogens with one attached hydrogen (secondary N) is 1. The Balaban J connectivity index is 3.67. The molecule has 0 aliphatic carbocycles. The monoisotopic (exact) mass is 178 g/mol. The minimum absolute atomic E-state index is 0.250. The molecule has 11 heavy (non-hydrogen) atoms. The summed E-state index contributed by atoms with van der Waals surface area (Å²) in [5.74, 6) is 0. The molecule has 0 heterocycles. The first-order valence-electron chi connectivity index (χ1n) is 2.86. The van der Waals surface area contributed by atoms with Crippen LogP contribution in [-0.4, -0.2) is 25.4 Å². The highest BCUT2D eigenvalue weighted by Gasteiger charge is 2.17. The van der Waals surface area contributed by atoms with Gasteiger partial charge in [-0.1, -0.05) is 10.8 Å². The zero-order valence-corrected chi connectivity index (χ0v) is 7.39. The predicted octanol–water partition coefficient (Wildman–Crippen LogP) is 0.863. The molecule has 5 heteroatoms. The quantitative estimate of drug-likeness (QED) is 0.216. The van der Waals surface area contributed by atoms with Crippen LogP contribution in [-0.2, 0) is 24.8 Å². The molecule has 0 aromatic carbocycles. The highest BCUT2D eigenvalue weighted by atomic mass is 32.2. The molecule has 0 aliphatic heterocycles. The third-order valence-electron chi connectivity index (χ3n) is 0.658. The standard InChI is InChI=1S/C6H12NO3S/c1-4-8-6(9-5-7)10-11(2)3/h4-7H,1H2,2-3H3/q+1. The van der Waals surface area contributed by atoms with E-state index in [0.29, 0.717) is 0 Å².